The fourth-order valence-corrected chi connectivity index (χ4v) is 5.39. The quantitative estimate of drug-likeness (QED) is 0.167. The molecule has 0 radical (unpaired) electrons. The van der Waals surface area contributed by atoms with Crippen LogP contribution in [0.5, 0.6) is 11.5 Å². The molecule has 2 heterocycles. The number of ether oxygens (including phenoxy) is 3. The van der Waals surface area contributed by atoms with Gasteiger partial charge >= 0.3 is 11.4 Å². The van der Waals surface area contributed by atoms with E-state index < -0.39 is 48.4 Å². The van der Waals surface area contributed by atoms with Crippen molar-refractivity contribution in [1.82, 2.24) is 9.80 Å². The van der Waals surface area contributed by atoms with Crippen LogP contribution in [0.3, 0.4) is 0 Å². The van der Waals surface area contributed by atoms with Gasteiger partial charge in [-0.05, 0) is 37.1 Å². The van der Waals surface area contributed by atoms with Gasteiger partial charge in [0.1, 0.15) is 31.0 Å². The maximum absolute atomic E-state index is 12.6. The molecule has 0 aliphatic carbocycles. The summed E-state index contributed by atoms with van der Waals surface area (Å²) in [4.78, 5) is 16.8. The summed E-state index contributed by atoms with van der Waals surface area (Å²) in [6.45, 7) is 7.15. The molecule has 2 aliphatic heterocycles. The lowest BCUT2D eigenvalue weighted by molar-refractivity contribution is -0.317. The number of hydrogen-bond acceptors (Lipinski definition) is 12. The minimum absolute atomic E-state index is 0.0663. The summed E-state index contributed by atoms with van der Waals surface area (Å²) in [5.74, 6) is 0.239. The topological polar surface area (TPSA) is 191 Å². The van der Waals surface area contributed by atoms with Crippen LogP contribution in [-0.4, -0.2) is 128 Å². The van der Waals surface area contributed by atoms with Gasteiger partial charge in [-0.15, -0.1) is 0 Å². The molecule has 0 spiro atoms. The lowest BCUT2D eigenvalue weighted by atomic mass is 10.0. The Kier molecular flexibility index (Phi) is 11.8. The molecule has 6 N–H and O–H groups in total. The zero-order chi connectivity index (χ0) is 31.1. The molecule has 2 saturated heterocycles. The second-order valence-electron chi connectivity index (χ2n) is 10.6. The van der Waals surface area contributed by atoms with E-state index in [0.717, 1.165) is 16.8 Å². The minimum Gasteiger partial charge on any atom is -0.487 e. The SMILES string of the molecule is Cc1cccc(C)c1NC(=O)CN1CCN(CC(O)COc2ccccc2OC2OC(O)C(O)C(OS(=O)O)C2O)CC1. The predicted molar refractivity (Wildman–Crippen MR) is 155 cm³/mol. The lowest BCUT2D eigenvalue weighted by Crippen LogP contribution is -2.60. The number of carbonyl (C=O) groups is 1. The van der Waals surface area contributed by atoms with Gasteiger partial charge in [0.15, 0.2) is 17.8 Å². The van der Waals surface area contributed by atoms with Crippen LogP contribution in [0.1, 0.15) is 11.1 Å². The highest BCUT2D eigenvalue weighted by Gasteiger charge is 2.47. The number of amides is 1. The van der Waals surface area contributed by atoms with E-state index >= 15 is 0 Å². The Hall–Kier alpha value is -2.70. The van der Waals surface area contributed by atoms with E-state index in [1.165, 1.54) is 6.07 Å². The average Bonchev–Trinajstić information content (AvgIpc) is 2.96. The van der Waals surface area contributed by atoms with Crippen molar-refractivity contribution in [3.63, 3.8) is 0 Å². The second kappa shape index (κ2) is 15.3. The van der Waals surface area contributed by atoms with Crippen LogP contribution < -0.4 is 14.8 Å². The summed E-state index contributed by atoms with van der Waals surface area (Å²) in [7, 11) is 0. The van der Waals surface area contributed by atoms with Gasteiger partial charge in [0.2, 0.25) is 12.2 Å². The molecule has 0 saturated carbocycles. The smallest absolute Gasteiger partial charge is 0.302 e. The molecule has 1 amide bonds. The maximum Gasteiger partial charge on any atom is 0.302 e. The van der Waals surface area contributed by atoms with Crippen molar-refractivity contribution in [2.24, 2.45) is 0 Å². The van der Waals surface area contributed by atoms with E-state index in [1.54, 1.807) is 18.2 Å². The number of hydrogen-bond donors (Lipinski definition) is 6. The summed E-state index contributed by atoms with van der Waals surface area (Å²) in [5, 5.41) is 44.0. The largest absolute Gasteiger partial charge is 0.487 e. The number of para-hydroxylation sites is 3. The number of piperazine rings is 1. The number of anilines is 1. The number of β-amino-alcohol motifs (C(OH)–C–C–N with tert-alkyl or cyclic N) is 1. The highest BCUT2D eigenvalue weighted by Crippen LogP contribution is 2.31. The van der Waals surface area contributed by atoms with Gasteiger partial charge in [-0.2, -0.15) is 4.21 Å². The first kappa shape index (κ1) is 33.2. The first-order valence-corrected chi connectivity index (χ1v) is 14.9. The number of benzene rings is 2. The number of nitrogens with one attached hydrogen (secondary N) is 1. The molecule has 2 fully saturated rings. The van der Waals surface area contributed by atoms with Crippen LogP contribution in [0.2, 0.25) is 0 Å². The Bertz CT molecular complexity index is 1230. The Balaban J connectivity index is 1.23. The van der Waals surface area contributed by atoms with Crippen molar-refractivity contribution in [2.75, 3.05) is 51.2 Å². The molecule has 0 bridgehead atoms. The van der Waals surface area contributed by atoms with Gasteiger partial charge in [0.25, 0.3) is 0 Å². The van der Waals surface area contributed by atoms with Gasteiger partial charge in [-0.1, -0.05) is 30.3 Å². The van der Waals surface area contributed by atoms with Crippen molar-refractivity contribution in [1.29, 1.82) is 0 Å². The molecular formula is C28H39N3O11S. The fourth-order valence-electron chi connectivity index (χ4n) is 4.98. The van der Waals surface area contributed by atoms with E-state index in [1.807, 2.05) is 32.0 Å². The highest BCUT2D eigenvalue weighted by atomic mass is 32.2. The van der Waals surface area contributed by atoms with Crippen molar-refractivity contribution in [3.8, 4) is 11.5 Å². The Morgan fingerprint density at radius 3 is 2.28 bits per heavy atom. The monoisotopic (exact) mass is 625 g/mol. The number of aliphatic hydroxyl groups is 4. The third kappa shape index (κ3) is 9.15. The van der Waals surface area contributed by atoms with Crippen LogP contribution in [0.15, 0.2) is 42.5 Å². The molecule has 2 aliphatic rings. The van der Waals surface area contributed by atoms with Crippen molar-refractivity contribution in [2.45, 2.75) is 50.8 Å². The van der Waals surface area contributed by atoms with E-state index in [2.05, 4.69) is 19.3 Å². The van der Waals surface area contributed by atoms with Crippen molar-refractivity contribution in [3.05, 3.63) is 53.6 Å². The molecule has 238 valence electrons. The van der Waals surface area contributed by atoms with Gasteiger partial charge < -0.3 is 40.0 Å². The van der Waals surface area contributed by atoms with Crippen LogP contribution in [-0.2, 0) is 25.1 Å². The van der Waals surface area contributed by atoms with Gasteiger partial charge in [0, 0.05) is 38.4 Å². The Morgan fingerprint density at radius 1 is 1.00 bits per heavy atom. The summed E-state index contributed by atoms with van der Waals surface area (Å²) in [6, 6.07) is 12.3. The van der Waals surface area contributed by atoms with Crippen LogP contribution in [0.25, 0.3) is 0 Å². The summed E-state index contributed by atoms with van der Waals surface area (Å²) in [5.41, 5.74) is 2.88. The standard InChI is InChI=1S/C28H39N3O11S/c1-17-6-5-7-18(2)23(17)29-22(33)15-31-12-10-30(11-13-31)14-19(32)16-39-20-8-3-4-9-21(20)40-28-25(35)26(42-43(37)38)24(34)27(36)41-28/h3-9,19,24-28,32,34-36H,10-16H2,1-2H3,(H,29,33)(H,37,38). The molecule has 2 aromatic rings. The fraction of sp³-hybridized carbons (Fsp3) is 0.536. The molecular weight excluding hydrogens is 586 g/mol. The molecule has 7 atom stereocenters. The number of nitrogens with zero attached hydrogens (tertiary/aromatic N) is 2. The zero-order valence-corrected chi connectivity index (χ0v) is 24.8. The van der Waals surface area contributed by atoms with Crippen LogP contribution in [0, 0.1) is 13.8 Å². The number of rotatable bonds is 12. The molecule has 14 nitrogen and oxygen atoms in total. The first-order chi connectivity index (χ1) is 20.5. The van der Waals surface area contributed by atoms with Crippen molar-refractivity contribution >= 4 is 23.0 Å². The van der Waals surface area contributed by atoms with E-state index in [9.17, 15) is 29.4 Å². The van der Waals surface area contributed by atoms with Gasteiger partial charge in [0.05, 0.1) is 6.54 Å². The number of aryl methyl sites for hydroxylation is 2. The number of carbonyl (C=O) groups excluding carboxylic acids is 1. The lowest BCUT2D eigenvalue weighted by Gasteiger charge is -2.39. The molecule has 2 aromatic carbocycles. The Labute approximate surface area is 252 Å². The molecule has 0 aromatic heterocycles. The van der Waals surface area contributed by atoms with Gasteiger partial charge in [-0.3, -0.25) is 23.3 Å². The summed E-state index contributed by atoms with van der Waals surface area (Å²) >= 11 is -2.83. The Morgan fingerprint density at radius 2 is 1.63 bits per heavy atom. The summed E-state index contributed by atoms with van der Waals surface area (Å²) < 4.78 is 41.2. The molecule has 15 heteroatoms. The predicted octanol–water partition coefficient (Wildman–Crippen LogP) is -0.403. The molecule has 43 heavy (non-hydrogen) atoms. The third-order valence-electron chi connectivity index (χ3n) is 7.28. The molecule has 7 unspecified atom stereocenters. The van der Waals surface area contributed by atoms with E-state index in [0.29, 0.717) is 32.7 Å². The van der Waals surface area contributed by atoms with E-state index in [4.69, 9.17) is 18.8 Å². The zero-order valence-electron chi connectivity index (χ0n) is 23.9. The van der Waals surface area contributed by atoms with Gasteiger partial charge in [-0.25, -0.2) is 0 Å². The maximum atomic E-state index is 12.6. The van der Waals surface area contributed by atoms with Crippen LogP contribution >= 0.6 is 0 Å². The highest BCUT2D eigenvalue weighted by molar-refractivity contribution is 7.74. The molecule has 4 rings (SSSR count). The average molecular weight is 626 g/mol. The number of aliphatic hydroxyl groups excluding tert-OH is 4. The first-order valence-electron chi connectivity index (χ1n) is 13.9. The normalized spacial score (nSPS) is 26.4. The second-order valence-corrected chi connectivity index (χ2v) is 11.2. The van der Waals surface area contributed by atoms with Crippen LogP contribution in [0.4, 0.5) is 5.69 Å². The van der Waals surface area contributed by atoms with Crippen molar-refractivity contribution < 1.29 is 52.4 Å². The third-order valence-corrected chi connectivity index (χ3v) is 7.67. The summed E-state index contributed by atoms with van der Waals surface area (Å²) in [6.07, 6.45) is -9.47. The van der Waals surface area contributed by atoms with E-state index in [-0.39, 0.29) is 30.6 Å². The minimum atomic E-state index is -2.83.